The first kappa shape index (κ1) is 17.9. The summed E-state index contributed by atoms with van der Waals surface area (Å²) < 4.78 is 0. The maximum atomic E-state index is 11.7. The van der Waals surface area contributed by atoms with Gasteiger partial charge in [0.05, 0.1) is 17.8 Å². The molecule has 1 aromatic rings. The summed E-state index contributed by atoms with van der Waals surface area (Å²) in [5.74, 6) is 0.288. The van der Waals surface area contributed by atoms with Gasteiger partial charge in [-0.25, -0.2) is 4.98 Å². The third kappa shape index (κ3) is 4.79. The Hall–Kier alpha value is -1.93. The maximum absolute atomic E-state index is 11.7. The number of hydrogen-bond donors (Lipinski definition) is 5. The van der Waals surface area contributed by atoms with Crippen LogP contribution in [0.4, 0.5) is 11.8 Å². The van der Waals surface area contributed by atoms with Crippen LogP contribution in [0.25, 0.3) is 0 Å². The molecule has 0 spiro atoms. The zero-order valence-corrected chi connectivity index (χ0v) is 14.3. The number of amides is 1. The van der Waals surface area contributed by atoms with Crippen molar-refractivity contribution in [3.8, 4) is 0 Å². The summed E-state index contributed by atoms with van der Waals surface area (Å²) in [5, 5.41) is 26.0. The van der Waals surface area contributed by atoms with E-state index in [1.54, 1.807) is 0 Å². The van der Waals surface area contributed by atoms with Gasteiger partial charge in [0.2, 0.25) is 5.95 Å². The summed E-state index contributed by atoms with van der Waals surface area (Å²) in [6, 6.07) is 0.279. The molecule has 0 aliphatic heterocycles. The lowest BCUT2D eigenvalue weighted by Gasteiger charge is -2.28. The van der Waals surface area contributed by atoms with E-state index in [2.05, 4.69) is 20.6 Å². The van der Waals surface area contributed by atoms with Gasteiger partial charge in [-0.3, -0.25) is 4.79 Å². The van der Waals surface area contributed by atoms with Crippen molar-refractivity contribution in [3.63, 3.8) is 0 Å². The molecule has 3 rings (SSSR count). The number of nitrogens with zero attached hydrogens (tertiary/aromatic N) is 2. The third-order valence-corrected chi connectivity index (χ3v) is 5.07. The molecule has 6 N–H and O–H groups in total. The fourth-order valence-electron chi connectivity index (χ4n) is 3.63. The minimum absolute atomic E-state index is 0.0643. The Morgan fingerprint density at radius 3 is 2.48 bits per heavy atom. The molecule has 0 unspecified atom stereocenters. The summed E-state index contributed by atoms with van der Waals surface area (Å²) in [4.78, 5) is 20.3. The average molecular weight is 349 g/mol. The summed E-state index contributed by atoms with van der Waals surface area (Å²) in [7, 11) is 0. The number of aliphatic hydroxyl groups excluding tert-OH is 2. The van der Waals surface area contributed by atoms with Gasteiger partial charge < -0.3 is 26.6 Å². The second kappa shape index (κ2) is 7.97. The zero-order valence-electron chi connectivity index (χ0n) is 14.3. The highest BCUT2D eigenvalue weighted by molar-refractivity contribution is 5.97. The molecule has 0 radical (unpaired) electrons. The topological polar surface area (TPSA) is 133 Å². The number of aliphatic hydroxyl groups is 2. The van der Waals surface area contributed by atoms with E-state index in [1.165, 1.54) is 6.20 Å². The Kier molecular flexibility index (Phi) is 5.70. The number of nitrogens with one attached hydrogen (secondary N) is 2. The zero-order chi connectivity index (χ0) is 17.8. The van der Waals surface area contributed by atoms with Crippen LogP contribution in [0.1, 0.15) is 61.7 Å². The quantitative estimate of drug-likeness (QED) is 0.535. The summed E-state index contributed by atoms with van der Waals surface area (Å²) >= 11 is 0. The van der Waals surface area contributed by atoms with Gasteiger partial charge in [-0.1, -0.05) is 0 Å². The molecular weight excluding hydrogens is 322 g/mol. The van der Waals surface area contributed by atoms with E-state index in [1.807, 2.05) is 0 Å². The van der Waals surface area contributed by atoms with Crippen LogP contribution >= 0.6 is 0 Å². The van der Waals surface area contributed by atoms with Crippen LogP contribution in [0.15, 0.2) is 6.20 Å². The van der Waals surface area contributed by atoms with Crippen molar-refractivity contribution in [2.24, 2.45) is 5.73 Å². The van der Waals surface area contributed by atoms with Gasteiger partial charge in [-0.2, -0.15) is 4.98 Å². The summed E-state index contributed by atoms with van der Waals surface area (Å²) in [6.07, 6.45) is 7.45. The first-order chi connectivity index (χ1) is 12.0. The van der Waals surface area contributed by atoms with E-state index in [-0.39, 0.29) is 29.9 Å². The van der Waals surface area contributed by atoms with Crippen LogP contribution in [0.5, 0.6) is 0 Å². The average Bonchev–Trinajstić information content (AvgIpc) is 2.57. The van der Waals surface area contributed by atoms with Crippen LogP contribution in [0.2, 0.25) is 0 Å². The minimum atomic E-state index is -0.578. The highest BCUT2D eigenvalue weighted by atomic mass is 16.3. The maximum Gasteiger partial charge on any atom is 0.254 e. The van der Waals surface area contributed by atoms with E-state index >= 15 is 0 Å². The van der Waals surface area contributed by atoms with Crippen molar-refractivity contribution in [1.82, 2.24) is 9.97 Å². The minimum Gasteiger partial charge on any atom is -0.393 e. The number of anilines is 2. The first-order valence-electron chi connectivity index (χ1n) is 9.07. The van der Waals surface area contributed by atoms with Gasteiger partial charge in [0.25, 0.3) is 5.91 Å². The Bertz CT molecular complexity index is 604. The number of carbonyl (C=O) groups is 1. The van der Waals surface area contributed by atoms with E-state index in [4.69, 9.17) is 5.73 Å². The molecule has 1 heterocycles. The van der Waals surface area contributed by atoms with Crippen LogP contribution in [0.3, 0.4) is 0 Å². The lowest BCUT2D eigenvalue weighted by Crippen LogP contribution is -2.32. The number of hydrogen-bond acceptors (Lipinski definition) is 7. The smallest absolute Gasteiger partial charge is 0.254 e. The molecule has 2 aliphatic rings. The second-order valence-electron chi connectivity index (χ2n) is 7.13. The number of carbonyl (C=O) groups excluding carboxylic acids is 1. The van der Waals surface area contributed by atoms with Gasteiger partial charge >= 0.3 is 0 Å². The molecule has 2 aliphatic carbocycles. The Morgan fingerprint density at radius 1 is 1.04 bits per heavy atom. The second-order valence-corrected chi connectivity index (χ2v) is 7.13. The molecule has 1 aromatic heterocycles. The van der Waals surface area contributed by atoms with Gasteiger partial charge in [0, 0.05) is 18.3 Å². The predicted molar refractivity (Wildman–Crippen MR) is 94.3 cm³/mol. The molecular formula is C17H27N5O3. The van der Waals surface area contributed by atoms with Crippen molar-refractivity contribution in [1.29, 1.82) is 0 Å². The lowest BCUT2D eigenvalue weighted by atomic mass is 9.93. The lowest BCUT2D eigenvalue weighted by molar-refractivity contribution is 0.1000. The normalized spacial score (nSPS) is 29.8. The molecule has 2 fully saturated rings. The Labute approximate surface area is 147 Å². The summed E-state index contributed by atoms with van der Waals surface area (Å²) in [6.45, 7) is 0. The molecule has 2 atom stereocenters. The molecule has 8 nitrogen and oxygen atoms in total. The molecule has 0 bridgehead atoms. The molecule has 8 heteroatoms. The number of rotatable bonds is 5. The number of primary amides is 1. The first-order valence-corrected chi connectivity index (χ1v) is 9.07. The highest BCUT2D eigenvalue weighted by Crippen LogP contribution is 2.25. The van der Waals surface area contributed by atoms with Crippen LogP contribution in [-0.2, 0) is 0 Å². The van der Waals surface area contributed by atoms with Gasteiger partial charge in [-0.05, 0) is 51.4 Å². The molecule has 1 amide bonds. The van der Waals surface area contributed by atoms with Crippen molar-refractivity contribution in [3.05, 3.63) is 11.8 Å². The summed E-state index contributed by atoms with van der Waals surface area (Å²) in [5.41, 5.74) is 5.69. The molecule has 0 aromatic carbocycles. The largest absolute Gasteiger partial charge is 0.393 e. The standard InChI is InChI=1S/C17H27N5O3/c18-15(25)14-9-19-17(21-10-4-6-12(23)7-5-10)22-16(14)20-11-2-1-3-13(24)8-11/h9-13,23-24H,1-8H2,(H2,18,25)(H2,19,20,21,22)/t10?,11-,12?,13+/m1/s1. The van der Waals surface area contributed by atoms with E-state index in [9.17, 15) is 15.0 Å². The fourth-order valence-corrected chi connectivity index (χ4v) is 3.63. The van der Waals surface area contributed by atoms with Crippen LogP contribution in [0, 0.1) is 0 Å². The predicted octanol–water partition coefficient (Wildman–Crippen LogP) is 1.01. The molecule has 25 heavy (non-hydrogen) atoms. The van der Waals surface area contributed by atoms with Gasteiger partial charge in [0.15, 0.2) is 0 Å². The number of aromatic nitrogens is 2. The number of nitrogens with two attached hydrogens (primary N) is 1. The van der Waals surface area contributed by atoms with Gasteiger partial charge in [0.1, 0.15) is 5.82 Å². The molecule has 138 valence electrons. The third-order valence-electron chi connectivity index (χ3n) is 5.07. The monoisotopic (exact) mass is 349 g/mol. The molecule has 0 saturated heterocycles. The van der Waals surface area contributed by atoms with Crippen molar-refractivity contribution in [2.45, 2.75) is 75.7 Å². The fraction of sp³-hybridized carbons (Fsp3) is 0.706. The van der Waals surface area contributed by atoms with Crippen molar-refractivity contribution < 1.29 is 15.0 Å². The van der Waals surface area contributed by atoms with E-state index < -0.39 is 5.91 Å². The SMILES string of the molecule is NC(=O)c1cnc(NC2CCC(O)CC2)nc1N[C@@H]1CCC[C@H](O)C1. The molecule has 2 saturated carbocycles. The Balaban J connectivity index is 1.71. The van der Waals surface area contributed by atoms with Crippen LogP contribution < -0.4 is 16.4 Å². The highest BCUT2D eigenvalue weighted by Gasteiger charge is 2.24. The van der Waals surface area contributed by atoms with E-state index in [0.29, 0.717) is 18.2 Å². The van der Waals surface area contributed by atoms with Crippen molar-refractivity contribution >= 4 is 17.7 Å². The van der Waals surface area contributed by atoms with Crippen molar-refractivity contribution in [2.75, 3.05) is 10.6 Å². The van der Waals surface area contributed by atoms with Gasteiger partial charge in [-0.15, -0.1) is 0 Å². The van der Waals surface area contributed by atoms with Crippen LogP contribution in [-0.4, -0.2) is 50.4 Å². The van der Waals surface area contributed by atoms with E-state index in [0.717, 1.165) is 44.9 Å². The Morgan fingerprint density at radius 2 is 1.80 bits per heavy atom.